The number of hydrogen-bond acceptors (Lipinski definition) is 2. The average molecular weight is 362 g/mol. The van der Waals surface area contributed by atoms with E-state index in [4.69, 9.17) is 27.9 Å². The van der Waals surface area contributed by atoms with E-state index in [0.29, 0.717) is 26.9 Å². The van der Waals surface area contributed by atoms with Gasteiger partial charge in [0.2, 0.25) is 0 Å². The molecule has 0 atom stereocenters. The molecule has 0 N–H and O–H groups in total. The van der Waals surface area contributed by atoms with Gasteiger partial charge in [-0.15, -0.1) is 0 Å². The van der Waals surface area contributed by atoms with E-state index in [9.17, 15) is 4.39 Å². The maximum atomic E-state index is 14.3. The summed E-state index contributed by atoms with van der Waals surface area (Å²) in [6.45, 7) is 1.91. The molecule has 0 aliphatic rings. The first-order valence-corrected chi connectivity index (χ1v) is 8.09. The minimum Gasteiger partial charge on any atom is -0.471 e. The van der Waals surface area contributed by atoms with E-state index >= 15 is 0 Å². The normalized spacial score (nSPS) is 10.7. The second-order valence-electron chi connectivity index (χ2n) is 5.38. The number of rotatable bonds is 4. The molecule has 24 heavy (non-hydrogen) atoms. The second-order valence-corrected chi connectivity index (χ2v) is 6.25. The van der Waals surface area contributed by atoms with Crippen LogP contribution in [0.15, 0.2) is 54.6 Å². The highest BCUT2D eigenvalue weighted by Gasteiger charge is 2.13. The molecule has 0 bridgehead atoms. The Kier molecular flexibility index (Phi) is 5.03. The minimum absolute atomic E-state index is 0.0371. The Balaban J connectivity index is 1.93. The summed E-state index contributed by atoms with van der Waals surface area (Å²) >= 11 is 12.1. The molecule has 1 heterocycles. The number of aromatic nitrogens is 1. The summed E-state index contributed by atoms with van der Waals surface area (Å²) in [6, 6.07) is 16.3. The zero-order valence-electron chi connectivity index (χ0n) is 12.9. The maximum absolute atomic E-state index is 14.3. The summed E-state index contributed by atoms with van der Waals surface area (Å²) in [4.78, 5) is 4.29. The van der Waals surface area contributed by atoms with Gasteiger partial charge in [-0.25, -0.2) is 9.37 Å². The second kappa shape index (κ2) is 7.20. The summed E-state index contributed by atoms with van der Waals surface area (Å²) in [5.74, 6) is -0.507. The lowest BCUT2D eigenvalue weighted by atomic mass is 10.1. The fourth-order valence-electron chi connectivity index (χ4n) is 2.30. The number of benzene rings is 2. The Hall–Kier alpha value is -2.10. The van der Waals surface area contributed by atoms with Gasteiger partial charge in [0.25, 0.3) is 5.88 Å². The topological polar surface area (TPSA) is 22.1 Å². The van der Waals surface area contributed by atoms with Crippen LogP contribution in [0.25, 0.3) is 11.3 Å². The van der Waals surface area contributed by atoms with Gasteiger partial charge in [0.05, 0.1) is 5.69 Å². The molecule has 1 aromatic heterocycles. The Morgan fingerprint density at radius 2 is 1.67 bits per heavy atom. The summed E-state index contributed by atoms with van der Waals surface area (Å²) in [7, 11) is 0. The van der Waals surface area contributed by atoms with E-state index in [0.717, 1.165) is 5.56 Å². The van der Waals surface area contributed by atoms with Crippen molar-refractivity contribution in [1.29, 1.82) is 0 Å². The third kappa shape index (κ3) is 3.86. The molecular formula is C19H14Cl2FNO. The van der Waals surface area contributed by atoms with Crippen molar-refractivity contribution in [3.63, 3.8) is 0 Å². The molecule has 2 aromatic carbocycles. The predicted octanol–water partition coefficient (Wildman–Crippen LogP) is 6.08. The van der Waals surface area contributed by atoms with Crippen LogP contribution in [0.4, 0.5) is 4.39 Å². The Morgan fingerprint density at radius 3 is 2.33 bits per heavy atom. The van der Waals surface area contributed by atoms with Gasteiger partial charge < -0.3 is 4.74 Å². The van der Waals surface area contributed by atoms with Crippen molar-refractivity contribution in [2.45, 2.75) is 13.5 Å². The summed E-state index contributed by atoms with van der Waals surface area (Å²) in [5, 5.41) is 0.987. The van der Waals surface area contributed by atoms with Gasteiger partial charge in [-0.2, -0.15) is 0 Å². The molecule has 0 amide bonds. The fraction of sp³-hybridized carbons (Fsp3) is 0.105. The van der Waals surface area contributed by atoms with Crippen LogP contribution in [0, 0.1) is 12.7 Å². The minimum atomic E-state index is -0.470. The molecule has 0 saturated carbocycles. The SMILES string of the molecule is Cc1cc(-c2cc(Cl)cc(Cl)c2)nc(OCc2ccccc2)c1F. The summed E-state index contributed by atoms with van der Waals surface area (Å²) < 4.78 is 19.9. The van der Waals surface area contributed by atoms with E-state index in [1.165, 1.54) is 0 Å². The van der Waals surface area contributed by atoms with Crippen molar-refractivity contribution in [2.24, 2.45) is 0 Å². The van der Waals surface area contributed by atoms with Crippen molar-refractivity contribution in [3.8, 4) is 17.1 Å². The van der Waals surface area contributed by atoms with Gasteiger partial charge in [-0.3, -0.25) is 0 Å². The Bertz CT molecular complexity index is 848. The van der Waals surface area contributed by atoms with Crippen LogP contribution in [0.2, 0.25) is 10.0 Å². The highest BCUT2D eigenvalue weighted by Crippen LogP contribution is 2.30. The number of nitrogens with zero attached hydrogens (tertiary/aromatic N) is 1. The molecular weight excluding hydrogens is 348 g/mol. The molecule has 3 aromatic rings. The highest BCUT2D eigenvalue weighted by molar-refractivity contribution is 6.35. The molecule has 3 rings (SSSR count). The summed E-state index contributed by atoms with van der Waals surface area (Å²) in [6.07, 6.45) is 0. The molecule has 0 spiro atoms. The van der Waals surface area contributed by atoms with Crippen LogP contribution in [-0.2, 0) is 6.61 Å². The Morgan fingerprint density at radius 1 is 1.00 bits per heavy atom. The predicted molar refractivity (Wildman–Crippen MR) is 95.2 cm³/mol. The van der Waals surface area contributed by atoms with Crippen LogP contribution in [-0.4, -0.2) is 4.98 Å². The molecule has 2 nitrogen and oxygen atoms in total. The molecule has 122 valence electrons. The number of ether oxygens (including phenoxy) is 1. The van der Waals surface area contributed by atoms with Crippen molar-refractivity contribution >= 4 is 23.2 Å². The van der Waals surface area contributed by atoms with Gasteiger partial charge in [0.1, 0.15) is 6.61 Å². The van der Waals surface area contributed by atoms with Crippen molar-refractivity contribution < 1.29 is 9.13 Å². The molecule has 0 saturated heterocycles. The standard InChI is InChI=1S/C19H14Cl2FNO/c1-12-7-17(14-8-15(20)10-16(21)9-14)23-19(18(12)22)24-11-13-5-3-2-4-6-13/h2-10H,11H2,1H3. The lowest BCUT2D eigenvalue weighted by molar-refractivity contribution is 0.277. The first-order chi connectivity index (χ1) is 11.5. The number of halogens is 3. The summed E-state index contributed by atoms with van der Waals surface area (Å²) in [5.41, 5.74) is 2.65. The maximum Gasteiger partial charge on any atom is 0.251 e. The molecule has 5 heteroatoms. The molecule has 0 radical (unpaired) electrons. The van der Waals surface area contributed by atoms with E-state index in [2.05, 4.69) is 4.98 Å². The molecule has 0 unspecified atom stereocenters. The van der Waals surface area contributed by atoms with Crippen molar-refractivity contribution in [1.82, 2.24) is 4.98 Å². The highest BCUT2D eigenvalue weighted by atomic mass is 35.5. The van der Waals surface area contributed by atoms with Crippen LogP contribution >= 0.6 is 23.2 Å². The number of hydrogen-bond donors (Lipinski definition) is 0. The first-order valence-electron chi connectivity index (χ1n) is 7.33. The third-order valence-corrected chi connectivity index (χ3v) is 3.92. The van der Waals surface area contributed by atoms with Crippen molar-refractivity contribution in [3.05, 3.63) is 81.6 Å². The van der Waals surface area contributed by atoms with Crippen molar-refractivity contribution in [2.75, 3.05) is 0 Å². The van der Waals surface area contributed by atoms with Gasteiger partial charge in [-0.05, 0) is 42.3 Å². The first kappa shape index (κ1) is 16.7. The Labute approximate surface area is 149 Å². The quantitative estimate of drug-likeness (QED) is 0.561. The van der Waals surface area contributed by atoms with Gasteiger partial charge >= 0.3 is 0 Å². The monoisotopic (exact) mass is 361 g/mol. The zero-order valence-corrected chi connectivity index (χ0v) is 14.4. The van der Waals surface area contributed by atoms with E-state index < -0.39 is 5.82 Å². The lowest BCUT2D eigenvalue weighted by Gasteiger charge is -2.11. The molecule has 0 aliphatic carbocycles. The molecule has 0 aliphatic heterocycles. The van der Waals surface area contributed by atoms with Gasteiger partial charge in [0, 0.05) is 15.6 Å². The van der Waals surface area contributed by atoms with Crippen LogP contribution in [0.1, 0.15) is 11.1 Å². The fourth-order valence-corrected chi connectivity index (χ4v) is 2.83. The smallest absolute Gasteiger partial charge is 0.251 e. The van der Waals surface area contributed by atoms with Crippen LogP contribution in [0.3, 0.4) is 0 Å². The van der Waals surface area contributed by atoms with E-state index in [1.807, 2.05) is 30.3 Å². The van der Waals surface area contributed by atoms with E-state index in [1.54, 1.807) is 31.2 Å². The number of pyridine rings is 1. The lowest BCUT2D eigenvalue weighted by Crippen LogP contribution is -2.02. The van der Waals surface area contributed by atoms with E-state index in [-0.39, 0.29) is 12.5 Å². The van der Waals surface area contributed by atoms with Gasteiger partial charge in [-0.1, -0.05) is 53.5 Å². The van der Waals surface area contributed by atoms with Crippen LogP contribution < -0.4 is 4.74 Å². The largest absolute Gasteiger partial charge is 0.471 e. The number of aryl methyl sites for hydroxylation is 1. The van der Waals surface area contributed by atoms with Crippen LogP contribution in [0.5, 0.6) is 5.88 Å². The third-order valence-electron chi connectivity index (χ3n) is 3.49. The zero-order chi connectivity index (χ0) is 17.1. The van der Waals surface area contributed by atoms with Gasteiger partial charge in [0.15, 0.2) is 5.82 Å². The average Bonchev–Trinajstić information content (AvgIpc) is 2.56. The molecule has 0 fully saturated rings.